The molecular weight excluding hydrogens is 490 g/mol. The van der Waals surface area contributed by atoms with Crippen molar-refractivity contribution in [2.45, 2.75) is 23.8 Å². The third-order valence-electron chi connectivity index (χ3n) is 5.43. The number of sulfone groups is 1. The molecule has 1 aromatic carbocycles. The summed E-state index contributed by atoms with van der Waals surface area (Å²) < 4.78 is 82.7. The summed E-state index contributed by atoms with van der Waals surface area (Å²) in [7, 11) is -3.43. The fourth-order valence-corrected chi connectivity index (χ4v) is 4.19. The van der Waals surface area contributed by atoms with Gasteiger partial charge in [0.2, 0.25) is 5.82 Å². The van der Waals surface area contributed by atoms with Crippen molar-refractivity contribution in [3.63, 3.8) is 0 Å². The van der Waals surface area contributed by atoms with Crippen LogP contribution in [0.3, 0.4) is 0 Å². The zero-order valence-corrected chi connectivity index (χ0v) is 19.3. The molecule has 186 valence electrons. The topological polar surface area (TPSA) is 97.3 Å². The molecule has 2 aromatic heterocycles. The highest BCUT2D eigenvalue weighted by Gasteiger charge is 2.32. The van der Waals surface area contributed by atoms with E-state index in [1.165, 1.54) is 30.7 Å². The van der Waals surface area contributed by atoms with Crippen LogP contribution in [0.4, 0.5) is 29.2 Å². The minimum absolute atomic E-state index is 0.0127. The van der Waals surface area contributed by atoms with Crippen molar-refractivity contribution in [1.29, 1.82) is 0 Å². The number of hydrogen-bond acceptors (Lipinski definition) is 8. The normalized spacial score (nSPS) is 16.8. The zero-order valence-electron chi connectivity index (χ0n) is 18.5. The van der Waals surface area contributed by atoms with Gasteiger partial charge in [-0.2, -0.15) is 17.6 Å². The highest BCUT2D eigenvalue weighted by Crippen LogP contribution is 2.34. The van der Waals surface area contributed by atoms with Crippen LogP contribution in [0.2, 0.25) is 0 Å². The van der Waals surface area contributed by atoms with E-state index in [2.05, 4.69) is 20.3 Å². The van der Waals surface area contributed by atoms with Gasteiger partial charge in [0.1, 0.15) is 6.33 Å². The van der Waals surface area contributed by atoms with E-state index in [0.717, 1.165) is 18.4 Å². The van der Waals surface area contributed by atoms with Crippen LogP contribution in [0.25, 0.3) is 0 Å². The summed E-state index contributed by atoms with van der Waals surface area (Å²) >= 11 is 0. The Morgan fingerprint density at radius 3 is 2.49 bits per heavy atom. The van der Waals surface area contributed by atoms with Crippen LogP contribution in [0.15, 0.2) is 53.9 Å². The number of benzene rings is 1. The first-order valence-corrected chi connectivity index (χ1v) is 12.3. The molecule has 1 saturated heterocycles. The van der Waals surface area contributed by atoms with Crippen LogP contribution in [-0.2, 0) is 27.3 Å². The Labute approximate surface area is 198 Å². The monoisotopic (exact) mass is 511 g/mol. The van der Waals surface area contributed by atoms with E-state index in [1.54, 1.807) is 11.0 Å². The average Bonchev–Trinajstić information content (AvgIpc) is 2.83. The van der Waals surface area contributed by atoms with Crippen molar-refractivity contribution < 1.29 is 30.7 Å². The molecule has 1 aliphatic rings. The van der Waals surface area contributed by atoms with Crippen molar-refractivity contribution in [2.75, 3.05) is 36.2 Å². The third-order valence-corrected chi connectivity index (χ3v) is 6.43. The summed E-state index contributed by atoms with van der Waals surface area (Å²) in [5.41, 5.74) is 0.358. The van der Waals surface area contributed by atoms with Gasteiger partial charge in [0, 0.05) is 25.5 Å². The third kappa shape index (κ3) is 5.68. The Hall–Kier alpha value is -3.32. The molecule has 0 aliphatic carbocycles. The van der Waals surface area contributed by atoms with Crippen molar-refractivity contribution in [1.82, 2.24) is 15.0 Å². The molecule has 8 nitrogen and oxygen atoms in total. The lowest BCUT2D eigenvalue weighted by molar-refractivity contribution is -0.137. The second kappa shape index (κ2) is 9.74. The number of rotatable bonds is 6. The van der Waals surface area contributed by atoms with Gasteiger partial charge in [0.25, 0.3) is 0 Å². The van der Waals surface area contributed by atoms with Crippen molar-refractivity contribution in [3.8, 4) is 0 Å². The quantitative estimate of drug-likeness (QED) is 0.502. The molecule has 0 bridgehead atoms. The first kappa shape index (κ1) is 24.8. The molecule has 1 N–H and O–H groups in total. The summed E-state index contributed by atoms with van der Waals surface area (Å²) in [5.74, 6) is -0.826. The average molecular weight is 512 g/mol. The lowest BCUT2D eigenvalue weighted by Crippen LogP contribution is -2.40. The maximum Gasteiger partial charge on any atom is 0.416 e. The van der Waals surface area contributed by atoms with Gasteiger partial charge in [-0.05, 0) is 29.3 Å². The number of nitrogens with one attached hydrogen (secondary N) is 1. The number of hydrogen-bond donors (Lipinski definition) is 1. The molecule has 13 heteroatoms. The van der Waals surface area contributed by atoms with Gasteiger partial charge in [-0.15, -0.1) is 0 Å². The van der Waals surface area contributed by atoms with Gasteiger partial charge >= 0.3 is 6.18 Å². The Bertz CT molecular complexity index is 1290. The molecule has 1 aliphatic heterocycles. The highest BCUT2D eigenvalue weighted by molar-refractivity contribution is 7.90. The number of alkyl halides is 3. The van der Waals surface area contributed by atoms with Crippen molar-refractivity contribution in [3.05, 3.63) is 71.4 Å². The predicted molar refractivity (Wildman–Crippen MR) is 119 cm³/mol. The van der Waals surface area contributed by atoms with Crippen LogP contribution in [0, 0.1) is 5.82 Å². The van der Waals surface area contributed by atoms with E-state index >= 15 is 4.39 Å². The van der Waals surface area contributed by atoms with Gasteiger partial charge in [0.05, 0.1) is 24.8 Å². The molecule has 1 atom stereocenters. The van der Waals surface area contributed by atoms with Crippen LogP contribution in [0.5, 0.6) is 0 Å². The maximum absolute atomic E-state index is 15.4. The van der Waals surface area contributed by atoms with E-state index in [4.69, 9.17) is 4.74 Å². The molecule has 0 unspecified atom stereocenters. The number of morpholine rings is 1. The minimum Gasteiger partial charge on any atom is -0.377 e. The van der Waals surface area contributed by atoms with Gasteiger partial charge in [-0.1, -0.05) is 18.2 Å². The number of aromatic nitrogens is 3. The molecule has 3 heterocycles. The Balaban J connectivity index is 1.54. The van der Waals surface area contributed by atoms with Gasteiger partial charge < -0.3 is 15.0 Å². The van der Waals surface area contributed by atoms with E-state index in [9.17, 15) is 21.6 Å². The minimum atomic E-state index is -4.46. The van der Waals surface area contributed by atoms with Crippen molar-refractivity contribution in [2.24, 2.45) is 0 Å². The molecule has 35 heavy (non-hydrogen) atoms. The largest absolute Gasteiger partial charge is 0.416 e. The number of halogens is 4. The molecule has 1 fully saturated rings. The Morgan fingerprint density at radius 2 is 1.86 bits per heavy atom. The predicted octanol–water partition coefficient (Wildman–Crippen LogP) is 3.62. The lowest BCUT2D eigenvalue weighted by Gasteiger charge is -2.37. The van der Waals surface area contributed by atoms with Crippen LogP contribution >= 0.6 is 0 Å². The standard InChI is InChI=1S/C22H21F4N5O3S/c1-35(32,33)18-7-2-14(10-27-18)11-28-20-19(23)21(30-13-29-20)31-8-9-34-12-17(31)15-3-5-16(6-4-15)22(24,25)26/h2-7,10,13,17H,8-9,11-12H2,1H3,(H,28,29,30)/t17-/m1/s1. The van der Waals surface area contributed by atoms with E-state index in [0.29, 0.717) is 17.7 Å². The molecule has 0 spiro atoms. The summed E-state index contributed by atoms with van der Waals surface area (Å²) in [6.07, 6.45) is -0.854. The summed E-state index contributed by atoms with van der Waals surface area (Å²) in [4.78, 5) is 13.5. The molecule has 3 aromatic rings. The Kier molecular flexibility index (Phi) is 6.90. The maximum atomic E-state index is 15.4. The molecule has 0 saturated carbocycles. The number of pyridine rings is 1. The molecule has 0 radical (unpaired) electrons. The van der Waals surface area contributed by atoms with Crippen molar-refractivity contribution >= 4 is 21.5 Å². The zero-order chi connectivity index (χ0) is 25.2. The first-order valence-electron chi connectivity index (χ1n) is 10.4. The lowest BCUT2D eigenvalue weighted by atomic mass is 10.0. The number of ether oxygens (including phenoxy) is 1. The number of nitrogens with zero attached hydrogens (tertiary/aromatic N) is 4. The smallest absolute Gasteiger partial charge is 0.377 e. The van der Waals surface area contributed by atoms with Gasteiger partial charge in [-0.25, -0.2) is 23.4 Å². The summed E-state index contributed by atoms with van der Waals surface area (Å²) in [6, 6.07) is 7.02. The SMILES string of the molecule is CS(=O)(=O)c1ccc(CNc2ncnc(N3CCOC[C@@H]3c3ccc(C(F)(F)F)cc3)c2F)cn1. The second-order valence-corrected chi connectivity index (χ2v) is 9.86. The summed E-state index contributed by atoms with van der Waals surface area (Å²) in [6.45, 7) is 0.837. The van der Waals surface area contributed by atoms with E-state index in [1.807, 2.05) is 0 Å². The molecule has 0 amide bonds. The van der Waals surface area contributed by atoms with Crippen LogP contribution in [0.1, 0.15) is 22.7 Å². The Morgan fingerprint density at radius 1 is 1.11 bits per heavy atom. The fourth-order valence-electron chi connectivity index (χ4n) is 3.63. The van der Waals surface area contributed by atoms with Crippen LogP contribution in [-0.4, -0.2) is 49.4 Å². The van der Waals surface area contributed by atoms with Crippen LogP contribution < -0.4 is 10.2 Å². The molecule has 4 rings (SSSR count). The fraction of sp³-hybridized carbons (Fsp3) is 0.318. The van der Waals surface area contributed by atoms with Gasteiger partial charge in [-0.3, -0.25) is 0 Å². The van der Waals surface area contributed by atoms with E-state index < -0.39 is 33.4 Å². The summed E-state index contributed by atoms with van der Waals surface area (Å²) in [5, 5.41) is 2.78. The van der Waals surface area contributed by atoms with E-state index in [-0.39, 0.29) is 36.4 Å². The van der Waals surface area contributed by atoms with Gasteiger partial charge in [0.15, 0.2) is 26.5 Å². The second-order valence-electron chi connectivity index (χ2n) is 7.89. The highest BCUT2D eigenvalue weighted by atomic mass is 32.2. The number of anilines is 2. The molecular formula is C22H21F4N5O3S. The first-order chi connectivity index (χ1) is 16.5.